The third kappa shape index (κ3) is 32.8. The Morgan fingerprint density at radius 1 is 0.373 bits per heavy atom. The van der Waals surface area contributed by atoms with Crippen molar-refractivity contribution in [3.05, 3.63) is 274 Å². The maximum absolute atomic E-state index is 12.6. The van der Waals surface area contributed by atoms with E-state index in [-0.39, 0.29) is 52.5 Å². The molecule has 8 aromatic rings. The second kappa shape index (κ2) is 56.2. The van der Waals surface area contributed by atoms with Gasteiger partial charge in [0.2, 0.25) is 0 Å². The Hall–Kier alpha value is -10.3. The van der Waals surface area contributed by atoms with E-state index in [0.717, 1.165) is 51.4 Å². The number of ether oxygens (including phenoxy) is 8. The molecule has 4 aromatic carbocycles. The van der Waals surface area contributed by atoms with Gasteiger partial charge in [-0.25, -0.2) is 28.8 Å². The summed E-state index contributed by atoms with van der Waals surface area (Å²) in [6.07, 6.45) is 21.3. The first-order valence-electron chi connectivity index (χ1n) is 51.2. The quantitative estimate of drug-likeness (QED) is 0.0248. The fourth-order valence-electron chi connectivity index (χ4n) is 20.9. The lowest BCUT2D eigenvalue weighted by Gasteiger charge is -2.44. The number of aliphatic hydroxyl groups is 2. The van der Waals surface area contributed by atoms with Gasteiger partial charge in [0, 0.05) is 176 Å². The Morgan fingerprint density at radius 2 is 0.676 bits per heavy atom. The summed E-state index contributed by atoms with van der Waals surface area (Å²) in [5.41, 5.74) is 3.37. The molecule has 142 heavy (non-hydrogen) atoms. The number of piperidine rings is 1. The van der Waals surface area contributed by atoms with Gasteiger partial charge in [-0.2, -0.15) is 0 Å². The zero-order chi connectivity index (χ0) is 99.1. The number of hydrogen-bond donors (Lipinski definition) is 6. The normalized spacial score (nSPS) is 24.5. The van der Waals surface area contributed by atoms with E-state index in [1.807, 2.05) is 64.1 Å². The van der Waals surface area contributed by atoms with Gasteiger partial charge in [0.05, 0.1) is 36.6 Å². The van der Waals surface area contributed by atoms with E-state index in [4.69, 9.17) is 37.9 Å². The van der Waals surface area contributed by atoms with Crippen molar-refractivity contribution in [3.63, 3.8) is 0 Å². The van der Waals surface area contributed by atoms with Gasteiger partial charge >= 0.3 is 35.1 Å². The predicted octanol–water partition coefficient (Wildman–Crippen LogP) is 13.3. The summed E-state index contributed by atoms with van der Waals surface area (Å²) in [4.78, 5) is 143. The molecule has 34 nitrogen and oxygen atoms in total. The minimum atomic E-state index is -0.728. The van der Waals surface area contributed by atoms with Crippen molar-refractivity contribution in [2.75, 3.05) is 91.8 Å². The van der Waals surface area contributed by atoms with Crippen molar-refractivity contribution in [2.24, 2.45) is 11.8 Å². The third-order valence-electron chi connectivity index (χ3n) is 28.8. The van der Waals surface area contributed by atoms with E-state index in [9.17, 15) is 58.2 Å². The van der Waals surface area contributed by atoms with E-state index in [0.29, 0.717) is 98.5 Å². The molecule has 5 unspecified atom stereocenters. The average Bonchev–Trinajstić information content (AvgIpc) is 1.65. The van der Waals surface area contributed by atoms with Crippen molar-refractivity contribution < 1.29 is 57.7 Å². The number of H-pyrrole nitrogens is 4. The molecule has 4 aromatic heterocycles. The van der Waals surface area contributed by atoms with Crippen molar-refractivity contribution in [1.29, 1.82) is 0 Å². The number of fused-ring (bicyclic) bond motifs is 2. The highest BCUT2D eigenvalue weighted by molar-refractivity contribution is 5.60. The molecule has 8 saturated heterocycles. The molecule has 10 fully saturated rings. The van der Waals surface area contributed by atoms with Gasteiger partial charge in [-0.1, -0.05) is 202 Å². The maximum Gasteiger partial charge on any atom is 0.508 e. The molecule has 0 amide bonds. The molecule has 2 aliphatic carbocycles. The lowest BCUT2D eigenvalue weighted by Crippen LogP contribution is -2.54. The number of rotatable bonds is 28. The SMILES string of the molecule is C.C.CC[C@H]1O[C@@H](n2cc(C)c(=O)[nH]c2=O)CC1O.CC[C@H]1O[C@@H](n2cc(C)c(=O)[nH]c2=O)CC1O.CC[C@H]1O[C@@H](n2cc(C)c(=O)[nH]c2=O)CC1OC(=O)OCCN(Cc1ccccc1)CC1CCCC1.CC[C@H]1O[C@@H](n2cc(C)c(=O)[nH]c2=O)CC1OC(=O)OCCN(Cc1ccccc1)CC1CCCCC1.c1ccc(CN2CCN3CCCCC3C2)cc1.c1ccc(CN2CCN3CCC[C@H]3C2)cc1. The van der Waals surface area contributed by atoms with Crippen LogP contribution in [0.4, 0.5) is 9.59 Å². The van der Waals surface area contributed by atoms with Gasteiger partial charge < -0.3 is 48.1 Å². The van der Waals surface area contributed by atoms with E-state index in [1.165, 1.54) is 208 Å². The van der Waals surface area contributed by atoms with Gasteiger partial charge in [-0.15, -0.1) is 0 Å². The van der Waals surface area contributed by atoms with Crippen LogP contribution in [-0.4, -0.2) is 243 Å². The number of aromatic amines is 4. The minimum absolute atomic E-state index is 0. The number of aliphatic hydroxyl groups excluding tert-OH is 2. The number of piperazine rings is 2. The van der Waals surface area contributed by atoms with Crippen LogP contribution in [0.15, 0.2) is 184 Å². The van der Waals surface area contributed by atoms with E-state index < -0.39 is 107 Å². The Kier molecular flexibility index (Phi) is 44.3. The highest BCUT2D eigenvalue weighted by atomic mass is 16.7. The monoisotopic (exact) mass is 1970 g/mol. The van der Waals surface area contributed by atoms with Gasteiger partial charge in [-0.05, 0) is 152 Å². The van der Waals surface area contributed by atoms with Crippen LogP contribution in [0, 0.1) is 39.5 Å². The maximum atomic E-state index is 12.6. The van der Waals surface area contributed by atoms with Crippen molar-refractivity contribution in [2.45, 2.75) is 324 Å². The number of carbonyl (C=O) groups excluding carboxylic acids is 2. The number of aryl methyl sites for hydroxylation is 4. The molecule has 6 N–H and O–H groups in total. The van der Waals surface area contributed by atoms with Gasteiger partial charge in [-0.3, -0.25) is 86.8 Å². The van der Waals surface area contributed by atoms with Crippen LogP contribution in [0.2, 0.25) is 0 Å². The summed E-state index contributed by atoms with van der Waals surface area (Å²) in [5, 5.41) is 19.4. The third-order valence-corrected chi connectivity index (χ3v) is 28.8. The summed E-state index contributed by atoms with van der Waals surface area (Å²) < 4.78 is 50.6. The smallest absolute Gasteiger partial charge is 0.433 e. The molecule has 8 aliphatic heterocycles. The molecule has 14 atom stereocenters. The van der Waals surface area contributed by atoms with E-state index >= 15 is 0 Å². The van der Waals surface area contributed by atoms with E-state index in [2.05, 4.69) is 134 Å². The van der Waals surface area contributed by atoms with Crippen molar-refractivity contribution >= 4 is 12.3 Å². The Balaban J connectivity index is 0.000000169. The van der Waals surface area contributed by atoms with Crippen LogP contribution >= 0.6 is 0 Å². The number of nitrogens with one attached hydrogen (secondary N) is 4. The highest BCUT2D eigenvalue weighted by Crippen LogP contribution is 2.36. The van der Waals surface area contributed by atoms with Gasteiger partial charge in [0.25, 0.3) is 22.2 Å². The zero-order valence-electron chi connectivity index (χ0n) is 83.1. The number of benzene rings is 4. The number of aromatic nitrogens is 8. The lowest BCUT2D eigenvalue weighted by molar-refractivity contribution is -0.0384. The second-order valence-electron chi connectivity index (χ2n) is 39.2. The standard InChI is InChI=1S/C28H39N3O6.C27H37N3O6.C15H22N2.C14H20N2.2C11H16N2O4.2CH4/c1-3-23-24(16-25(36-23)31-17-20(2)26(32)29-27(31)33)37-28(34)35-15-14-30(18-21-10-6-4-7-11-21)19-22-12-8-5-9-13-22;1-3-22-23(15-24(35-22)30-16-19(2)25(31)28-26(30)32)36-27(33)34-14-13-29(18-21-11-7-8-12-21)17-20-9-5-4-6-10-20;1-2-6-14(7-3-1)12-16-10-11-17-9-5-4-8-15(17)13-16;1-2-5-13(6-3-1)11-15-9-10-16-8-4-7-14(16)12-15;2*1-3-8-7(14)4-9(17-8)13-5-6(2)10(15)12-11(13)16;;/h4,6-7,10-11,17,22-25H,3,5,8-9,12-16,18-19H2,1-2H3,(H,29,32,33);4-6,9-10,16,21-24H,3,7-8,11-15,17-18H2,1-2H3,(H,28,31,32);1-3,6-7,15H,4-5,8-13H2;1-3,5-6,14H,4,7-12H2;2*5,7-9,14H,3-4H2,1-2H3,(H,12,15,16);2*1H4/t23-,24?,25-;22-,23?,24-;;14-;2*7?,8-,9-;;/m11.011../s1. The molecule has 10 aliphatic rings. The summed E-state index contributed by atoms with van der Waals surface area (Å²) in [6, 6.07) is 44.1. The number of carbonyl (C=O) groups is 2. The first-order valence-corrected chi connectivity index (χ1v) is 51.2. The first-order chi connectivity index (χ1) is 67.7. The fourth-order valence-corrected chi connectivity index (χ4v) is 20.9. The second-order valence-corrected chi connectivity index (χ2v) is 39.2. The summed E-state index contributed by atoms with van der Waals surface area (Å²) >= 11 is 0. The minimum Gasteiger partial charge on any atom is -0.433 e. The molecule has 0 bridgehead atoms. The lowest BCUT2D eigenvalue weighted by atomic mass is 9.89. The molecule has 780 valence electrons. The van der Waals surface area contributed by atoms with Crippen LogP contribution in [0.25, 0.3) is 0 Å². The molecule has 34 heteroatoms. The van der Waals surface area contributed by atoms with Crippen LogP contribution < -0.4 is 45.0 Å². The molecule has 18 rings (SSSR count). The van der Waals surface area contributed by atoms with Gasteiger partial charge in [0.1, 0.15) is 50.3 Å². The Labute approximate surface area is 834 Å². The van der Waals surface area contributed by atoms with E-state index in [1.54, 1.807) is 27.7 Å². The summed E-state index contributed by atoms with van der Waals surface area (Å²) in [7, 11) is 0. The summed E-state index contributed by atoms with van der Waals surface area (Å²) in [5.74, 6) is 1.38. The fraction of sp³-hybridized carbons (Fsp3) is 0.611. The van der Waals surface area contributed by atoms with Crippen molar-refractivity contribution in [1.82, 2.24) is 67.6 Å². The molecular formula is C108H158N14O20. The zero-order valence-corrected chi connectivity index (χ0v) is 83.1. The van der Waals surface area contributed by atoms with Crippen LogP contribution in [0.1, 0.15) is 253 Å². The molecule has 12 heterocycles. The van der Waals surface area contributed by atoms with Crippen LogP contribution in [-0.2, 0) is 64.1 Å². The highest BCUT2D eigenvalue weighted by Gasteiger charge is 2.42. The molecule has 0 radical (unpaired) electrons. The van der Waals surface area contributed by atoms with Crippen LogP contribution in [0.5, 0.6) is 0 Å². The number of hydrogen-bond acceptors (Lipinski definition) is 26. The largest absolute Gasteiger partial charge is 0.508 e. The Bertz CT molecular complexity index is 5570. The Morgan fingerprint density at radius 3 is 1.01 bits per heavy atom. The molecule has 2 saturated carbocycles. The number of nitrogens with zero attached hydrogens (tertiary/aromatic N) is 10. The predicted molar refractivity (Wildman–Crippen MR) is 547 cm³/mol. The average molecular weight is 1970 g/mol. The topological polar surface area (TPSA) is 387 Å². The first kappa shape index (κ1) is 112. The van der Waals surface area contributed by atoms with Crippen molar-refractivity contribution in [3.8, 4) is 0 Å². The summed E-state index contributed by atoms with van der Waals surface area (Å²) in [6.45, 7) is 32.1. The van der Waals surface area contributed by atoms with Crippen LogP contribution in [0.3, 0.4) is 0 Å². The molecule has 0 spiro atoms. The van der Waals surface area contributed by atoms with Gasteiger partial charge in [0.15, 0.2) is 0 Å². The molecular weight excluding hydrogens is 1810 g/mol.